The van der Waals surface area contributed by atoms with Crippen molar-refractivity contribution in [3.63, 3.8) is 0 Å². The van der Waals surface area contributed by atoms with Gasteiger partial charge < -0.3 is 5.73 Å². The number of aryl methyl sites for hydroxylation is 2. The van der Waals surface area contributed by atoms with Gasteiger partial charge in [-0.15, -0.1) is 0 Å². The van der Waals surface area contributed by atoms with Crippen LogP contribution in [0.25, 0.3) is 0 Å². The molecule has 0 saturated heterocycles. The monoisotopic (exact) mass is 328 g/mol. The van der Waals surface area contributed by atoms with E-state index in [1.54, 1.807) is 26.0 Å². The molecule has 0 heterocycles. The topological polar surface area (TPSA) is 72.2 Å². The van der Waals surface area contributed by atoms with E-state index in [9.17, 15) is 12.8 Å². The van der Waals surface area contributed by atoms with E-state index in [1.807, 2.05) is 0 Å². The van der Waals surface area contributed by atoms with Gasteiger partial charge in [-0.2, -0.15) is 0 Å². The molecule has 7 heteroatoms. The van der Waals surface area contributed by atoms with Crippen LogP contribution in [0, 0.1) is 19.7 Å². The smallest absolute Gasteiger partial charge is 0.264 e. The van der Waals surface area contributed by atoms with Gasteiger partial charge >= 0.3 is 0 Å². The summed E-state index contributed by atoms with van der Waals surface area (Å²) in [5, 5.41) is 0.377. The lowest BCUT2D eigenvalue weighted by molar-refractivity contribution is 0.570. The third kappa shape index (κ3) is 3.28. The summed E-state index contributed by atoms with van der Waals surface area (Å²) in [4.78, 5) is -0.495. The summed E-state index contributed by atoms with van der Waals surface area (Å²) in [6.07, 6.45) is 0. The molecule has 2 aromatic carbocycles. The van der Waals surface area contributed by atoms with Gasteiger partial charge in [-0.3, -0.25) is 4.72 Å². The number of halogens is 2. The van der Waals surface area contributed by atoms with Crippen molar-refractivity contribution < 1.29 is 12.8 Å². The average Bonchev–Trinajstić information content (AvgIpc) is 2.37. The molecule has 2 aromatic rings. The van der Waals surface area contributed by atoms with Crippen LogP contribution in [0.3, 0.4) is 0 Å². The van der Waals surface area contributed by atoms with Crippen LogP contribution in [-0.2, 0) is 10.0 Å². The van der Waals surface area contributed by atoms with Crippen molar-refractivity contribution in [1.29, 1.82) is 0 Å². The molecule has 21 heavy (non-hydrogen) atoms. The summed E-state index contributed by atoms with van der Waals surface area (Å²) in [6, 6.07) is 6.96. The standard InChI is InChI=1S/C14H14ClFN2O2S/c1-8-3-4-10(15)6-13(8)18-21(19,20)14-7-12(17)9(2)5-11(14)16/h3-7,18H,17H2,1-2H3. The third-order valence-corrected chi connectivity index (χ3v) is 4.67. The SMILES string of the molecule is Cc1cc(F)c(S(=O)(=O)Nc2cc(Cl)ccc2C)cc1N. The predicted molar refractivity (Wildman–Crippen MR) is 82.5 cm³/mol. The molecule has 2 rings (SSSR count). The third-order valence-electron chi connectivity index (χ3n) is 3.05. The zero-order valence-electron chi connectivity index (χ0n) is 11.4. The summed E-state index contributed by atoms with van der Waals surface area (Å²) in [7, 11) is -4.09. The average molecular weight is 329 g/mol. The maximum Gasteiger partial charge on any atom is 0.264 e. The zero-order valence-corrected chi connectivity index (χ0v) is 13.0. The molecule has 0 amide bonds. The van der Waals surface area contributed by atoms with Crippen LogP contribution < -0.4 is 10.5 Å². The molecule has 0 bridgehead atoms. The number of nitrogens with two attached hydrogens (primary N) is 1. The zero-order chi connectivity index (χ0) is 15.8. The van der Waals surface area contributed by atoms with E-state index in [1.165, 1.54) is 6.07 Å². The minimum absolute atomic E-state index is 0.208. The Bertz CT molecular complexity index is 807. The van der Waals surface area contributed by atoms with Gasteiger partial charge in [0.25, 0.3) is 10.0 Å². The number of sulfonamides is 1. The van der Waals surface area contributed by atoms with E-state index in [0.717, 1.165) is 12.1 Å². The fourth-order valence-electron chi connectivity index (χ4n) is 1.78. The molecule has 0 aliphatic rings. The predicted octanol–water partition coefficient (Wildman–Crippen LogP) is 3.48. The Morgan fingerprint density at radius 2 is 1.81 bits per heavy atom. The maximum atomic E-state index is 13.9. The van der Waals surface area contributed by atoms with Crippen LogP contribution in [0.4, 0.5) is 15.8 Å². The van der Waals surface area contributed by atoms with Gasteiger partial charge in [-0.25, -0.2) is 12.8 Å². The van der Waals surface area contributed by atoms with E-state index in [2.05, 4.69) is 4.72 Å². The fourth-order valence-corrected chi connectivity index (χ4v) is 3.17. The Kier molecular flexibility index (Phi) is 4.11. The molecule has 3 N–H and O–H groups in total. The van der Waals surface area contributed by atoms with Gasteiger partial charge in [0, 0.05) is 10.7 Å². The number of nitrogens with one attached hydrogen (secondary N) is 1. The first-order chi connectivity index (χ1) is 9.70. The van der Waals surface area contributed by atoms with E-state index >= 15 is 0 Å². The lowest BCUT2D eigenvalue weighted by atomic mass is 10.2. The number of hydrogen-bond acceptors (Lipinski definition) is 3. The van der Waals surface area contributed by atoms with Gasteiger partial charge in [0.1, 0.15) is 10.7 Å². The van der Waals surface area contributed by atoms with Crippen molar-refractivity contribution in [2.24, 2.45) is 0 Å². The Morgan fingerprint density at radius 3 is 2.48 bits per heavy atom. The summed E-state index contributed by atoms with van der Waals surface area (Å²) >= 11 is 5.84. The summed E-state index contributed by atoms with van der Waals surface area (Å²) < 4.78 is 40.8. The highest BCUT2D eigenvalue weighted by Crippen LogP contribution is 2.26. The molecular weight excluding hydrogens is 315 g/mol. The number of hydrogen-bond donors (Lipinski definition) is 2. The van der Waals surface area contributed by atoms with Crippen LogP contribution in [0.15, 0.2) is 35.2 Å². The molecule has 0 aliphatic heterocycles. The molecule has 0 atom stereocenters. The number of rotatable bonds is 3. The highest BCUT2D eigenvalue weighted by atomic mass is 35.5. The minimum Gasteiger partial charge on any atom is -0.398 e. The van der Waals surface area contributed by atoms with E-state index in [-0.39, 0.29) is 5.69 Å². The second kappa shape index (κ2) is 5.54. The Hall–Kier alpha value is -1.79. The summed E-state index contributed by atoms with van der Waals surface area (Å²) in [6.45, 7) is 3.32. The van der Waals surface area contributed by atoms with Gasteiger partial charge in [0.15, 0.2) is 0 Å². The molecule has 112 valence electrons. The molecule has 0 aromatic heterocycles. The van der Waals surface area contributed by atoms with Crippen LogP contribution in [0.1, 0.15) is 11.1 Å². The van der Waals surface area contributed by atoms with Crippen molar-refractivity contribution in [2.45, 2.75) is 18.7 Å². The largest absolute Gasteiger partial charge is 0.398 e. The van der Waals surface area contributed by atoms with Crippen molar-refractivity contribution in [1.82, 2.24) is 0 Å². The van der Waals surface area contributed by atoms with Gasteiger partial charge in [0.2, 0.25) is 0 Å². The van der Waals surface area contributed by atoms with Crippen molar-refractivity contribution in [3.05, 3.63) is 52.3 Å². The first-order valence-electron chi connectivity index (χ1n) is 6.05. The molecule has 0 fully saturated rings. The van der Waals surface area contributed by atoms with Crippen LogP contribution in [0.2, 0.25) is 5.02 Å². The Labute approximate surface area is 127 Å². The minimum atomic E-state index is -4.09. The van der Waals surface area contributed by atoms with Crippen LogP contribution >= 0.6 is 11.6 Å². The molecule has 0 saturated carbocycles. The molecule has 0 radical (unpaired) electrons. The van der Waals surface area contributed by atoms with Crippen molar-refractivity contribution >= 4 is 33.0 Å². The number of anilines is 2. The second-order valence-corrected chi connectivity index (χ2v) is 6.79. The molecular formula is C14H14ClFN2O2S. The Morgan fingerprint density at radius 1 is 1.14 bits per heavy atom. The highest BCUT2D eigenvalue weighted by Gasteiger charge is 2.21. The number of benzene rings is 2. The normalized spacial score (nSPS) is 11.4. The van der Waals surface area contributed by atoms with Gasteiger partial charge in [-0.05, 0) is 49.2 Å². The van der Waals surface area contributed by atoms with Crippen LogP contribution in [-0.4, -0.2) is 8.42 Å². The first-order valence-corrected chi connectivity index (χ1v) is 7.91. The molecule has 0 aliphatic carbocycles. The lowest BCUT2D eigenvalue weighted by Crippen LogP contribution is -2.16. The quantitative estimate of drug-likeness (QED) is 0.847. The molecule has 0 unspecified atom stereocenters. The van der Waals surface area contributed by atoms with Crippen molar-refractivity contribution in [3.8, 4) is 0 Å². The fraction of sp³-hybridized carbons (Fsp3) is 0.143. The van der Waals surface area contributed by atoms with Crippen LogP contribution in [0.5, 0.6) is 0 Å². The van der Waals surface area contributed by atoms with Crippen molar-refractivity contribution in [2.75, 3.05) is 10.5 Å². The number of nitrogen functional groups attached to an aromatic ring is 1. The lowest BCUT2D eigenvalue weighted by Gasteiger charge is -2.12. The highest BCUT2D eigenvalue weighted by molar-refractivity contribution is 7.92. The summed E-state index contributed by atoms with van der Waals surface area (Å²) in [5.41, 5.74) is 7.30. The van der Waals surface area contributed by atoms with Gasteiger partial charge in [0.05, 0.1) is 5.69 Å². The maximum absolute atomic E-state index is 13.9. The summed E-state index contributed by atoms with van der Waals surface area (Å²) in [5.74, 6) is -0.853. The second-order valence-electron chi connectivity index (χ2n) is 4.70. The molecule has 4 nitrogen and oxygen atoms in total. The Balaban J connectivity index is 2.48. The first kappa shape index (κ1) is 15.6. The van der Waals surface area contributed by atoms with E-state index < -0.39 is 20.7 Å². The molecule has 0 spiro atoms. The van der Waals surface area contributed by atoms with E-state index in [0.29, 0.717) is 21.8 Å². The van der Waals surface area contributed by atoms with E-state index in [4.69, 9.17) is 17.3 Å². The van der Waals surface area contributed by atoms with Gasteiger partial charge in [-0.1, -0.05) is 17.7 Å².